The van der Waals surface area contributed by atoms with Gasteiger partial charge in [-0.3, -0.25) is 0 Å². The molecule has 1 aromatic rings. The highest BCUT2D eigenvalue weighted by molar-refractivity contribution is 5.92. The molecule has 0 unspecified atom stereocenters. The van der Waals surface area contributed by atoms with Crippen molar-refractivity contribution in [3.8, 4) is 0 Å². The average molecular weight is 188 g/mol. The van der Waals surface area contributed by atoms with Gasteiger partial charge in [0.05, 0.1) is 0 Å². The van der Waals surface area contributed by atoms with E-state index in [1.54, 1.807) is 12.2 Å². The second-order valence-corrected chi connectivity index (χ2v) is 2.88. The van der Waals surface area contributed by atoms with Gasteiger partial charge in [0.15, 0.2) is 0 Å². The fraction of sp³-hybridized carbons (Fsp3) is 0.0833. The molecule has 0 aliphatic heterocycles. The maximum absolute atomic E-state index is 10.8. The molecule has 0 spiro atoms. The summed E-state index contributed by atoms with van der Waals surface area (Å²) in [7, 11) is 0. The molecule has 2 heteroatoms. The van der Waals surface area contributed by atoms with E-state index >= 15 is 0 Å². The number of benzene rings is 1. The van der Waals surface area contributed by atoms with Crippen molar-refractivity contribution >= 4 is 12.0 Å². The molecule has 0 saturated heterocycles. The van der Waals surface area contributed by atoms with Crippen molar-refractivity contribution in [2.24, 2.45) is 0 Å². The van der Waals surface area contributed by atoms with Crippen molar-refractivity contribution in [2.45, 2.75) is 6.42 Å². The van der Waals surface area contributed by atoms with E-state index in [1.807, 2.05) is 30.3 Å². The molecular formula is C12H12O2. The lowest BCUT2D eigenvalue weighted by atomic mass is 10.1. The quantitative estimate of drug-likeness (QED) is 0.582. The van der Waals surface area contributed by atoms with Gasteiger partial charge in [0.2, 0.25) is 0 Å². The number of carbonyl (C=O) groups is 1. The number of allylic oxidation sites excluding steroid dienone is 1. The standard InChI is InChI=1S/C12H12O2/c1-2-6-11(12(13)14)9-10-7-4-3-5-8-10/h2-5,7-9H,1,6H2,(H,13,14). The Morgan fingerprint density at radius 2 is 2.00 bits per heavy atom. The second kappa shape index (κ2) is 5.02. The number of aliphatic carboxylic acids is 1. The molecule has 1 aromatic carbocycles. The van der Waals surface area contributed by atoms with Gasteiger partial charge >= 0.3 is 5.97 Å². The lowest BCUT2D eigenvalue weighted by Crippen LogP contribution is -1.98. The van der Waals surface area contributed by atoms with E-state index in [-0.39, 0.29) is 0 Å². The molecule has 14 heavy (non-hydrogen) atoms. The molecule has 1 rings (SSSR count). The molecule has 0 heterocycles. The summed E-state index contributed by atoms with van der Waals surface area (Å²) < 4.78 is 0. The van der Waals surface area contributed by atoms with Gasteiger partial charge in [0, 0.05) is 5.57 Å². The minimum absolute atomic E-state index is 0.353. The lowest BCUT2D eigenvalue weighted by molar-refractivity contribution is -0.132. The maximum atomic E-state index is 10.8. The molecule has 2 nitrogen and oxygen atoms in total. The highest BCUT2D eigenvalue weighted by Gasteiger charge is 2.04. The van der Waals surface area contributed by atoms with Crippen LogP contribution in [-0.4, -0.2) is 11.1 Å². The van der Waals surface area contributed by atoms with E-state index in [9.17, 15) is 4.79 Å². The van der Waals surface area contributed by atoms with Crippen LogP contribution in [0.3, 0.4) is 0 Å². The minimum atomic E-state index is -0.895. The van der Waals surface area contributed by atoms with Crippen LogP contribution in [0, 0.1) is 0 Å². The van der Waals surface area contributed by atoms with Crippen molar-refractivity contribution in [2.75, 3.05) is 0 Å². The van der Waals surface area contributed by atoms with Gasteiger partial charge in [-0.1, -0.05) is 36.4 Å². The zero-order valence-electron chi connectivity index (χ0n) is 7.81. The smallest absolute Gasteiger partial charge is 0.331 e. The van der Waals surface area contributed by atoms with E-state index in [0.717, 1.165) is 5.56 Å². The number of carboxylic acid groups (broad SMARTS) is 1. The van der Waals surface area contributed by atoms with Crippen LogP contribution in [0.25, 0.3) is 6.08 Å². The van der Waals surface area contributed by atoms with Gasteiger partial charge in [0.25, 0.3) is 0 Å². The molecule has 72 valence electrons. The Labute approximate surface area is 83.2 Å². The zero-order chi connectivity index (χ0) is 10.4. The van der Waals surface area contributed by atoms with E-state index in [0.29, 0.717) is 12.0 Å². The summed E-state index contributed by atoms with van der Waals surface area (Å²) in [6.07, 6.45) is 3.62. The van der Waals surface area contributed by atoms with E-state index in [4.69, 9.17) is 5.11 Å². The summed E-state index contributed by atoms with van der Waals surface area (Å²) in [6, 6.07) is 9.38. The third-order valence-electron chi connectivity index (χ3n) is 1.78. The second-order valence-electron chi connectivity index (χ2n) is 2.88. The van der Waals surface area contributed by atoms with Gasteiger partial charge in [-0.25, -0.2) is 4.79 Å². The molecule has 0 radical (unpaired) electrons. The van der Waals surface area contributed by atoms with Crippen molar-refractivity contribution in [3.05, 3.63) is 54.1 Å². The Morgan fingerprint density at radius 1 is 1.36 bits per heavy atom. The third-order valence-corrected chi connectivity index (χ3v) is 1.78. The summed E-state index contributed by atoms with van der Waals surface area (Å²) >= 11 is 0. The van der Waals surface area contributed by atoms with Crippen LogP contribution in [-0.2, 0) is 4.79 Å². The molecule has 0 amide bonds. The van der Waals surface area contributed by atoms with Crippen LogP contribution in [0.15, 0.2) is 48.6 Å². The Bertz CT molecular complexity index is 350. The van der Waals surface area contributed by atoms with E-state index in [1.165, 1.54) is 0 Å². The Hall–Kier alpha value is -1.83. The first-order valence-corrected chi connectivity index (χ1v) is 4.34. The summed E-state index contributed by atoms with van der Waals surface area (Å²) in [5.74, 6) is -0.895. The fourth-order valence-electron chi connectivity index (χ4n) is 1.11. The molecule has 0 aromatic heterocycles. The molecule has 0 atom stereocenters. The monoisotopic (exact) mass is 188 g/mol. The normalized spacial score (nSPS) is 11.0. The van der Waals surface area contributed by atoms with Crippen LogP contribution < -0.4 is 0 Å². The van der Waals surface area contributed by atoms with Crippen LogP contribution in [0.1, 0.15) is 12.0 Å². The lowest BCUT2D eigenvalue weighted by Gasteiger charge is -1.98. The number of carboxylic acids is 1. The Morgan fingerprint density at radius 3 is 2.50 bits per heavy atom. The predicted molar refractivity (Wildman–Crippen MR) is 56.9 cm³/mol. The Kier molecular flexibility index (Phi) is 3.68. The third kappa shape index (κ3) is 2.90. The van der Waals surface area contributed by atoms with Crippen LogP contribution >= 0.6 is 0 Å². The molecule has 0 saturated carbocycles. The maximum Gasteiger partial charge on any atom is 0.331 e. The number of rotatable bonds is 4. The van der Waals surface area contributed by atoms with Crippen LogP contribution in [0.2, 0.25) is 0 Å². The van der Waals surface area contributed by atoms with Crippen LogP contribution in [0.4, 0.5) is 0 Å². The highest BCUT2D eigenvalue weighted by atomic mass is 16.4. The zero-order valence-corrected chi connectivity index (χ0v) is 7.81. The minimum Gasteiger partial charge on any atom is -0.478 e. The van der Waals surface area contributed by atoms with Gasteiger partial charge in [-0.05, 0) is 18.1 Å². The van der Waals surface area contributed by atoms with Crippen molar-refractivity contribution in [1.29, 1.82) is 0 Å². The number of hydrogen-bond acceptors (Lipinski definition) is 1. The number of hydrogen-bond donors (Lipinski definition) is 1. The average Bonchev–Trinajstić information content (AvgIpc) is 2.18. The molecule has 0 bridgehead atoms. The molecule has 0 aliphatic rings. The van der Waals surface area contributed by atoms with Crippen molar-refractivity contribution in [3.63, 3.8) is 0 Å². The van der Waals surface area contributed by atoms with E-state index in [2.05, 4.69) is 6.58 Å². The first-order valence-electron chi connectivity index (χ1n) is 4.34. The predicted octanol–water partition coefficient (Wildman–Crippen LogP) is 2.73. The molecular weight excluding hydrogens is 176 g/mol. The first kappa shape index (κ1) is 10.3. The SMILES string of the molecule is C=CCC(=Cc1ccccc1)C(=O)O. The topological polar surface area (TPSA) is 37.3 Å². The molecule has 0 fully saturated rings. The summed E-state index contributed by atoms with van der Waals surface area (Å²) in [4.78, 5) is 10.8. The van der Waals surface area contributed by atoms with Gasteiger partial charge in [-0.15, -0.1) is 6.58 Å². The van der Waals surface area contributed by atoms with E-state index < -0.39 is 5.97 Å². The van der Waals surface area contributed by atoms with Crippen molar-refractivity contribution in [1.82, 2.24) is 0 Å². The largest absolute Gasteiger partial charge is 0.478 e. The summed E-state index contributed by atoms with van der Waals surface area (Å²) in [6.45, 7) is 3.52. The highest BCUT2D eigenvalue weighted by Crippen LogP contribution is 2.10. The first-order chi connectivity index (χ1) is 6.74. The molecule has 1 N–H and O–H groups in total. The van der Waals surface area contributed by atoms with Gasteiger partial charge in [-0.2, -0.15) is 0 Å². The summed E-state index contributed by atoms with van der Waals surface area (Å²) in [5, 5.41) is 8.85. The summed E-state index contributed by atoms with van der Waals surface area (Å²) in [5.41, 5.74) is 1.25. The fourth-order valence-corrected chi connectivity index (χ4v) is 1.11. The van der Waals surface area contributed by atoms with Gasteiger partial charge in [0.1, 0.15) is 0 Å². The Balaban J connectivity index is 2.93. The van der Waals surface area contributed by atoms with Crippen LogP contribution in [0.5, 0.6) is 0 Å². The molecule has 0 aliphatic carbocycles. The van der Waals surface area contributed by atoms with Gasteiger partial charge < -0.3 is 5.11 Å². The van der Waals surface area contributed by atoms with Crippen molar-refractivity contribution < 1.29 is 9.90 Å².